The van der Waals surface area contributed by atoms with Crippen LogP contribution >= 0.6 is 11.3 Å². The summed E-state index contributed by atoms with van der Waals surface area (Å²) in [5.74, 6) is -1.38. The Labute approximate surface area is 132 Å². The van der Waals surface area contributed by atoms with Crippen molar-refractivity contribution in [3.05, 3.63) is 35.0 Å². The molecule has 1 aromatic carbocycles. The first-order chi connectivity index (χ1) is 10.5. The zero-order valence-electron chi connectivity index (χ0n) is 12.3. The van der Waals surface area contributed by atoms with Crippen LogP contribution in [0.3, 0.4) is 0 Å². The SMILES string of the molecule is CN1CCN(c2nc(-c3ccc(C(N)=O)c(F)c3)cs2)CC1. The number of piperazine rings is 1. The Morgan fingerprint density at radius 3 is 2.68 bits per heavy atom. The van der Waals surface area contributed by atoms with Gasteiger partial charge in [-0.2, -0.15) is 0 Å². The van der Waals surface area contributed by atoms with Gasteiger partial charge in [-0.15, -0.1) is 11.3 Å². The average Bonchev–Trinajstić information content (AvgIpc) is 2.97. The van der Waals surface area contributed by atoms with Gasteiger partial charge in [-0.25, -0.2) is 9.37 Å². The standard InChI is InChI=1S/C15H17FN4OS/c1-19-4-6-20(7-5-19)15-18-13(9-22-15)10-2-3-11(14(17)21)12(16)8-10/h2-3,8-9H,4-7H2,1H3,(H2,17,21). The van der Waals surface area contributed by atoms with E-state index in [4.69, 9.17) is 5.73 Å². The lowest BCUT2D eigenvalue weighted by molar-refractivity contribution is 0.0996. The van der Waals surface area contributed by atoms with Gasteiger partial charge in [0.05, 0.1) is 11.3 Å². The first-order valence-electron chi connectivity index (χ1n) is 7.03. The molecule has 1 saturated heterocycles. The Morgan fingerprint density at radius 1 is 1.32 bits per heavy atom. The summed E-state index contributed by atoms with van der Waals surface area (Å²) >= 11 is 1.55. The number of carbonyl (C=O) groups is 1. The first-order valence-corrected chi connectivity index (χ1v) is 7.91. The molecule has 1 fully saturated rings. The third-order valence-electron chi connectivity index (χ3n) is 3.80. The molecule has 2 N–H and O–H groups in total. The Hall–Kier alpha value is -1.99. The number of aromatic nitrogens is 1. The second-order valence-electron chi connectivity index (χ2n) is 5.36. The van der Waals surface area contributed by atoms with Gasteiger partial charge in [0.25, 0.3) is 5.91 Å². The molecule has 0 aliphatic carbocycles. The number of hydrogen-bond donors (Lipinski definition) is 1. The van der Waals surface area contributed by atoms with Crippen LogP contribution in [0.1, 0.15) is 10.4 Å². The number of nitrogens with zero attached hydrogens (tertiary/aromatic N) is 3. The van der Waals surface area contributed by atoms with Gasteiger partial charge in [0.1, 0.15) is 5.82 Å². The van der Waals surface area contributed by atoms with Gasteiger partial charge in [-0.3, -0.25) is 4.79 Å². The highest BCUT2D eigenvalue weighted by atomic mass is 32.1. The molecule has 1 aromatic heterocycles. The van der Waals surface area contributed by atoms with E-state index >= 15 is 0 Å². The molecular weight excluding hydrogens is 303 g/mol. The lowest BCUT2D eigenvalue weighted by atomic mass is 10.1. The number of anilines is 1. The second-order valence-corrected chi connectivity index (χ2v) is 6.20. The number of hydrogen-bond acceptors (Lipinski definition) is 5. The van der Waals surface area contributed by atoms with Gasteiger partial charge in [0, 0.05) is 37.1 Å². The fourth-order valence-corrected chi connectivity index (χ4v) is 3.30. The second kappa shape index (κ2) is 6.02. The third-order valence-corrected chi connectivity index (χ3v) is 4.70. The maximum Gasteiger partial charge on any atom is 0.251 e. The van der Waals surface area contributed by atoms with Crippen LogP contribution in [0.25, 0.3) is 11.3 Å². The molecule has 22 heavy (non-hydrogen) atoms. The van der Waals surface area contributed by atoms with Crippen molar-refractivity contribution in [1.82, 2.24) is 9.88 Å². The monoisotopic (exact) mass is 320 g/mol. The molecule has 2 heterocycles. The van der Waals surface area contributed by atoms with E-state index in [9.17, 15) is 9.18 Å². The number of halogens is 1. The Balaban J connectivity index is 1.82. The summed E-state index contributed by atoms with van der Waals surface area (Å²) in [5.41, 5.74) is 6.38. The smallest absolute Gasteiger partial charge is 0.251 e. The van der Waals surface area contributed by atoms with Crippen LogP contribution in [0.5, 0.6) is 0 Å². The van der Waals surface area contributed by atoms with Crippen molar-refractivity contribution in [2.24, 2.45) is 5.73 Å². The van der Waals surface area contributed by atoms with E-state index in [2.05, 4.69) is 21.8 Å². The van der Waals surface area contributed by atoms with Crippen LogP contribution < -0.4 is 10.6 Å². The molecule has 1 aliphatic rings. The van der Waals surface area contributed by atoms with Crippen molar-refractivity contribution in [2.45, 2.75) is 0 Å². The molecule has 1 aliphatic heterocycles. The number of nitrogens with two attached hydrogens (primary N) is 1. The minimum absolute atomic E-state index is 0.0988. The van der Waals surface area contributed by atoms with Crippen molar-refractivity contribution < 1.29 is 9.18 Å². The Bertz CT molecular complexity index is 695. The van der Waals surface area contributed by atoms with Crippen molar-refractivity contribution in [1.29, 1.82) is 0 Å². The summed E-state index contributed by atoms with van der Waals surface area (Å²) in [5, 5.41) is 2.86. The van der Waals surface area contributed by atoms with Crippen LogP contribution in [0.4, 0.5) is 9.52 Å². The molecule has 1 amide bonds. The molecule has 116 valence electrons. The number of rotatable bonds is 3. The Kier molecular flexibility index (Phi) is 4.08. The first kappa shape index (κ1) is 14.9. The van der Waals surface area contributed by atoms with Crippen molar-refractivity contribution in [2.75, 3.05) is 38.1 Å². The fourth-order valence-electron chi connectivity index (χ4n) is 2.41. The van der Waals surface area contributed by atoms with Gasteiger partial charge in [-0.1, -0.05) is 6.07 Å². The molecule has 0 saturated carbocycles. The normalized spacial score (nSPS) is 16.0. The number of benzene rings is 1. The highest BCUT2D eigenvalue weighted by molar-refractivity contribution is 7.14. The maximum atomic E-state index is 13.8. The maximum absolute atomic E-state index is 13.8. The molecule has 2 aromatic rings. The number of carbonyl (C=O) groups excluding carboxylic acids is 1. The van der Waals surface area contributed by atoms with Crippen LogP contribution in [-0.2, 0) is 0 Å². The van der Waals surface area contributed by atoms with E-state index in [1.807, 2.05) is 5.38 Å². The van der Waals surface area contributed by atoms with Crippen molar-refractivity contribution in [3.63, 3.8) is 0 Å². The highest BCUT2D eigenvalue weighted by Crippen LogP contribution is 2.29. The predicted molar refractivity (Wildman–Crippen MR) is 85.7 cm³/mol. The van der Waals surface area contributed by atoms with Crippen molar-refractivity contribution in [3.8, 4) is 11.3 Å². The summed E-state index contributed by atoms with van der Waals surface area (Å²) < 4.78 is 13.8. The highest BCUT2D eigenvalue weighted by Gasteiger charge is 2.18. The van der Waals surface area contributed by atoms with E-state index in [1.54, 1.807) is 17.4 Å². The zero-order valence-corrected chi connectivity index (χ0v) is 13.1. The van der Waals surface area contributed by atoms with E-state index in [0.717, 1.165) is 31.3 Å². The predicted octanol–water partition coefficient (Wildman–Crippen LogP) is 1.80. The van der Waals surface area contributed by atoms with Crippen LogP contribution in [-0.4, -0.2) is 49.0 Å². The number of amides is 1. The lowest BCUT2D eigenvalue weighted by Gasteiger charge is -2.32. The van der Waals surface area contributed by atoms with E-state index in [1.165, 1.54) is 12.1 Å². The number of likely N-dealkylation sites (N-methyl/N-ethyl adjacent to an activating group) is 1. The minimum atomic E-state index is -0.763. The lowest BCUT2D eigenvalue weighted by Crippen LogP contribution is -2.44. The molecule has 0 spiro atoms. The van der Waals surface area contributed by atoms with Crippen LogP contribution in [0.15, 0.2) is 23.6 Å². The van der Waals surface area contributed by atoms with Crippen LogP contribution in [0, 0.1) is 5.82 Å². The van der Waals surface area contributed by atoms with Crippen LogP contribution in [0.2, 0.25) is 0 Å². The fraction of sp³-hybridized carbons (Fsp3) is 0.333. The molecule has 3 rings (SSSR count). The van der Waals surface area contributed by atoms with Gasteiger partial charge < -0.3 is 15.5 Å². The summed E-state index contributed by atoms with van der Waals surface area (Å²) in [6.07, 6.45) is 0. The molecule has 0 atom stereocenters. The zero-order chi connectivity index (χ0) is 15.7. The number of primary amides is 1. The van der Waals surface area contributed by atoms with Crippen molar-refractivity contribution >= 4 is 22.4 Å². The van der Waals surface area contributed by atoms with Gasteiger partial charge >= 0.3 is 0 Å². The average molecular weight is 320 g/mol. The largest absolute Gasteiger partial charge is 0.366 e. The molecular formula is C15H17FN4OS. The summed E-state index contributed by atoms with van der Waals surface area (Å²) in [7, 11) is 2.10. The Morgan fingerprint density at radius 2 is 2.05 bits per heavy atom. The molecule has 7 heteroatoms. The summed E-state index contributed by atoms with van der Waals surface area (Å²) in [4.78, 5) is 20.2. The number of thiazole rings is 1. The van der Waals surface area contributed by atoms with E-state index in [0.29, 0.717) is 11.3 Å². The van der Waals surface area contributed by atoms with Gasteiger partial charge in [0.15, 0.2) is 5.13 Å². The summed E-state index contributed by atoms with van der Waals surface area (Å²) in [6, 6.07) is 4.39. The van der Waals surface area contributed by atoms with E-state index in [-0.39, 0.29) is 5.56 Å². The van der Waals surface area contributed by atoms with Gasteiger partial charge in [-0.05, 0) is 19.2 Å². The third kappa shape index (κ3) is 2.95. The molecule has 0 unspecified atom stereocenters. The van der Waals surface area contributed by atoms with E-state index < -0.39 is 11.7 Å². The molecule has 0 radical (unpaired) electrons. The van der Waals surface area contributed by atoms with Gasteiger partial charge in [0.2, 0.25) is 0 Å². The quantitative estimate of drug-likeness (QED) is 0.937. The summed E-state index contributed by atoms with van der Waals surface area (Å²) in [6.45, 7) is 3.91. The minimum Gasteiger partial charge on any atom is -0.366 e. The molecule has 5 nitrogen and oxygen atoms in total. The molecule has 0 bridgehead atoms. The topological polar surface area (TPSA) is 62.5 Å².